The number of aliphatic imine (C=N–C) groups is 1. The number of nitrogens with one attached hydrogen (secondary N) is 1. The Morgan fingerprint density at radius 3 is 2.29 bits per heavy atom. The molecule has 2 aromatic rings. The number of hydrogen-bond acceptors (Lipinski definition) is 10. The zero-order valence-corrected chi connectivity index (χ0v) is 31.9. The first kappa shape index (κ1) is 43.1. The number of halogens is 1. The average molecular weight is 745 g/mol. The second kappa shape index (κ2) is 23.4. The number of benzene rings is 1. The largest absolute Gasteiger partial charge is 0.472 e. The molecule has 0 aliphatic carbocycles. The zero-order valence-electron chi connectivity index (χ0n) is 31.0. The van der Waals surface area contributed by atoms with Crippen molar-refractivity contribution in [2.45, 2.75) is 134 Å². The molecule has 52 heavy (non-hydrogen) atoms. The summed E-state index contributed by atoms with van der Waals surface area (Å²) in [5.74, 6) is -0.143. The first-order valence-corrected chi connectivity index (χ1v) is 20.3. The molecule has 3 rings (SSSR count). The van der Waals surface area contributed by atoms with Crippen LogP contribution in [0.5, 0.6) is 0 Å². The van der Waals surface area contributed by atoms with E-state index >= 15 is 0 Å². The Bertz CT molecular complexity index is 1520. The predicted molar refractivity (Wildman–Crippen MR) is 199 cm³/mol. The highest BCUT2D eigenvalue weighted by atomic mass is 31.2. The van der Waals surface area contributed by atoms with Crippen molar-refractivity contribution in [2.75, 3.05) is 32.4 Å². The van der Waals surface area contributed by atoms with E-state index in [0.717, 1.165) is 37.4 Å². The van der Waals surface area contributed by atoms with Crippen LogP contribution in [0.3, 0.4) is 0 Å². The molecule has 4 N–H and O–H groups in total. The lowest BCUT2D eigenvalue weighted by atomic mass is 9.99. The number of phosphoric acid groups is 1. The number of aryl methyl sites for hydroxylation is 1. The van der Waals surface area contributed by atoms with Crippen LogP contribution in [0.15, 0.2) is 35.3 Å². The van der Waals surface area contributed by atoms with Gasteiger partial charge in [0.1, 0.15) is 36.7 Å². The minimum absolute atomic E-state index is 0.00727. The molecule has 1 aliphatic rings. The third-order valence-electron chi connectivity index (χ3n) is 9.42. The van der Waals surface area contributed by atoms with Gasteiger partial charge in [-0.15, -0.1) is 0 Å². The van der Waals surface area contributed by atoms with Crippen LogP contribution < -0.4 is 11.2 Å². The Labute approximate surface area is 309 Å². The molecule has 14 heteroatoms. The zero-order chi connectivity index (χ0) is 37.7. The summed E-state index contributed by atoms with van der Waals surface area (Å²) in [4.78, 5) is 14.8. The van der Waals surface area contributed by atoms with Gasteiger partial charge in [-0.1, -0.05) is 96.8 Å². The number of hydrogen-bond donors (Lipinski definition) is 3. The fourth-order valence-electron chi connectivity index (χ4n) is 6.22. The highest BCUT2D eigenvalue weighted by Crippen LogP contribution is 2.45. The number of fused-ring (bicyclic) bond motifs is 1. The van der Waals surface area contributed by atoms with Crippen LogP contribution in [-0.2, 0) is 36.1 Å². The molecule has 288 valence electrons. The lowest BCUT2D eigenvalue weighted by Gasteiger charge is -2.27. The Balaban J connectivity index is 1.47. The molecular weight excluding hydrogens is 686 g/mol. The number of nitrogens with zero attached hydrogens (tertiary/aromatic N) is 4. The second-order valence-electron chi connectivity index (χ2n) is 13.5. The van der Waals surface area contributed by atoms with Gasteiger partial charge < -0.3 is 25.5 Å². The molecule has 3 unspecified atom stereocenters. The maximum absolute atomic E-state index is 14.0. The van der Waals surface area contributed by atoms with E-state index in [9.17, 15) is 24.4 Å². The lowest BCUT2D eigenvalue weighted by molar-refractivity contribution is -0.0292. The van der Waals surface area contributed by atoms with E-state index in [1.165, 1.54) is 77.4 Å². The van der Waals surface area contributed by atoms with Crippen LogP contribution in [0.4, 0.5) is 4.39 Å². The number of methoxy groups -OCH3 is 1. The molecule has 2 heterocycles. The van der Waals surface area contributed by atoms with Crippen LogP contribution in [-0.4, -0.2) is 54.1 Å². The Hall–Kier alpha value is -3.29. The minimum Gasteiger partial charge on any atom is -0.382 e. The highest BCUT2D eigenvalue weighted by Gasteiger charge is 2.35. The molecule has 0 spiro atoms. The molecule has 0 fully saturated rings. The number of rotatable bonds is 28. The summed E-state index contributed by atoms with van der Waals surface area (Å²) in [5, 5.41) is 19.2. The number of amidine groups is 1. The van der Waals surface area contributed by atoms with Crippen LogP contribution in [0.1, 0.15) is 132 Å². The van der Waals surface area contributed by atoms with Crippen molar-refractivity contribution in [3.63, 3.8) is 0 Å². The molecule has 0 bridgehead atoms. The van der Waals surface area contributed by atoms with Crippen molar-refractivity contribution in [1.82, 2.24) is 4.68 Å². The van der Waals surface area contributed by atoms with Crippen molar-refractivity contribution in [1.29, 1.82) is 10.5 Å². The van der Waals surface area contributed by atoms with Crippen LogP contribution in [0.2, 0.25) is 0 Å². The normalized spacial score (nSPS) is 15.4. The SMILES string of the molecule is CCCCCCCCCCCCCCCCC(COP(=O)(O)OCC(C#N)(CCc1ccc2n1NCN=C2N)OC)OCc1cc(F)cc(C#N)c1. The quantitative estimate of drug-likeness (QED) is 0.0569. The van der Waals surface area contributed by atoms with E-state index in [4.69, 9.17) is 24.3 Å². The van der Waals surface area contributed by atoms with Gasteiger partial charge in [0.05, 0.1) is 31.0 Å². The summed E-state index contributed by atoms with van der Waals surface area (Å²) < 4.78 is 51.0. The van der Waals surface area contributed by atoms with Gasteiger partial charge in [0.25, 0.3) is 0 Å². The summed E-state index contributed by atoms with van der Waals surface area (Å²) >= 11 is 0. The third-order valence-corrected chi connectivity index (χ3v) is 10.3. The van der Waals surface area contributed by atoms with E-state index < -0.39 is 32.0 Å². The number of phosphoric ester groups is 1. The van der Waals surface area contributed by atoms with Crippen LogP contribution >= 0.6 is 7.82 Å². The Morgan fingerprint density at radius 1 is 1.02 bits per heavy atom. The van der Waals surface area contributed by atoms with Crippen molar-refractivity contribution < 1.29 is 32.4 Å². The minimum atomic E-state index is -4.63. The van der Waals surface area contributed by atoms with Gasteiger partial charge >= 0.3 is 7.82 Å². The van der Waals surface area contributed by atoms with Crippen molar-refractivity contribution >= 4 is 13.7 Å². The number of nitriles is 2. The van der Waals surface area contributed by atoms with Crippen LogP contribution in [0.25, 0.3) is 0 Å². The predicted octanol–water partition coefficient (Wildman–Crippen LogP) is 8.15. The standard InChI is InChI=1S/C38H58FN6O6P/c1-3-4-5-6-7-8-9-10-11-12-13-14-15-16-17-35(49-26-32-22-31(25-40)23-33(39)24-32)27-50-52(46,47)51-29-38(28-41,48-2)21-20-34-18-19-36-37(42)43-30-44-45(34)36/h18-19,22-24,35,44H,3-17,20-21,26-27,29-30H2,1-2H3,(H2,42,43)(H,46,47). The van der Waals surface area contributed by atoms with E-state index in [2.05, 4.69) is 23.4 Å². The number of unbranched alkanes of at least 4 members (excludes halogenated alkanes) is 13. The third kappa shape index (κ3) is 15.4. The van der Waals surface area contributed by atoms with Crippen LogP contribution in [0, 0.1) is 28.5 Å². The fraction of sp³-hybridized carbons (Fsp3) is 0.658. The summed E-state index contributed by atoms with van der Waals surface area (Å²) in [6.45, 7) is 1.78. The molecule has 0 saturated heterocycles. The molecule has 12 nitrogen and oxygen atoms in total. The van der Waals surface area contributed by atoms with Gasteiger partial charge in [-0.2, -0.15) is 10.5 Å². The second-order valence-corrected chi connectivity index (χ2v) is 15.0. The Morgan fingerprint density at radius 2 is 1.67 bits per heavy atom. The molecule has 1 aromatic carbocycles. The lowest BCUT2D eigenvalue weighted by Crippen LogP contribution is -2.37. The smallest absolute Gasteiger partial charge is 0.382 e. The summed E-state index contributed by atoms with van der Waals surface area (Å²) in [6, 6.07) is 11.7. The van der Waals surface area contributed by atoms with Gasteiger partial charge in [0.15, 0.2) is 5.60 Å². The molecule has 3 atom stereocenters. The molecule has 0 amide bonds. The fourth-order valence-corrected chi connectivity index (χ4v) is 7.02. The number of ether oxygens (including phenoxy) is 2. The van der Waals surface area contributed by atoms with Gasteiger partial charge in [-0.25, -0.2) is 13.9 Å². The highest BCUT2D eigenvalue weighted by molar-refractivity contribution is 7.47. The van der Waals surface area contributed by atoms with Crippen molar-refractivity contribution in [3.05, 3.63) is 58.7 Å². The van der Waals surface area contributed by atoms with Gasteiger partial charge in [-0.3, -0.25) is 13.7 Å². The maximum Gasteiger partial charge on any atom is 0.472 e. The summed E-state index contributed by atoms with van der Waals surface area (Å²) in [7, 11) is -3.29. The van der Waals surface area contributed by atoms with Crippen molar-refractivity contribution in [2.24, 2.45) is 10.7 Å². The topological polar surface area (TPSA) is 177 Å². The number of aromatic nitrogens is 1. The first-order valence-electron chi connectivity index (χ1n) is 18.8. The monoisotopic (exact) mass is 744 g/mol. The molecular formula is C38H58FN6O6P. The maximum atomic E-state index is 14.0. The van der Waals surface area contributed by atoms with E-state index in [1.54, 1.807) is 10.7 Å². The molecule has 0 radical (unpaired) electrons. The van der Waals surface area contributed by atoms with Gasteiger partial charge in [-0.05, 0) is 55.2 Å². The Kier molecular flexibility index (Phi) is 19.4. The van der Waals surface area contributed by atoms with Gasteiger partial charge in [0.2, 0.25) is 0 Å². The van der Waals surface area contributed by atoms with E-state index in [-0.39, 0.29) is 25.2 Å². The molecule has 1 aromatic heterocycles. The summed E-state index contributed by atoms with van der Waals surface area (Å²) in [5.41, 5.74) is 9.74. The van der Waals surface area contributed by atoms with Crippen molar-refractivity contribution in [3.8, 4) is 12.1 Å². The van der Waals surface area contributed by atoms with Gasteiger partial charge in [0, 0.05) is 12.8 Å². The molecule has 1 aliphatic heterocycles. The first-order chi connectivity index (χ1) is 25.1. The van der Waals surface area contributed by atoms with E-state index in [1.807, 2.05) is 18.2 Å². The summed E-state index contributed by atoms with van der Waals surface area (Å²) in [6.07, 6.45) is 17.6. The van der Waals surface area contributed by atoms with E-state index in [0.29, 0.717) is 36.6 Å². The average Bonchev–Trinajstić information content (AvgIpc) is 3.57. The number of nitrogens with two attached hydrogens (primary N) is 1. The molecule has 0 saturated carbocycles.